The summed E-state index contributed by atoms with van der Waals surface area (Å²) in [6.45, 7) is 0. The summed E-state index contributed by atoms with van der Waals surface area (Å²) in [5, 5.41) is 3.09. The third-order valence-corrected chi connectivity index (χ3v) is 2.95. The summed E-state index contributed by atoms with van der Waals surface area (Å²) in [5.41, 5.74) is 1.12. The van der Waals surface area contributed by atoms with Crippen LogP contribution in [0.2, 0.25) is 5.02 Å². The molecule has 1 aromatic heterocycles. The van der Waals surface area contributed by atoms with Gasteiger partial charge < -0.3 is 5.32 Å². The van der Waals surface area contributed by atoms with E-state index in [0.717, 1.165) is 4.47 Å². The number of amides is 1. The largest absolute Gasteiger partial charge is 0.322 e. The summed E-state index contributed by atoms with van der Waals surface area (Å²) in [5.74, 6) is -0.250. The van der Waals surface area contributed by atoms with Crippen molar-refractivity contribution in [3.8, 4) is 0 Å². The number of aromatic nitrogens is 1. The van der Waals surface area contributed by atoms with E-state index in [0.29, 0.717) is 16.3 Å². The molecule has 0 radical (unpaired) electrons. The summed E-state index contributed by atoms with van der Waals surface area (Å²) in [6, 6.07) is 8.89. The monoisotopic (exact) mass is 310 g/mol. The highest BCUT2D eigenvalue weighted by Crippen LogP contribution is 2.17. The maximum atomic E-state index is 11.9. The fourth-order valence-electron chi connectivity index (χ4n) is 1.29. The molecule has 1 heterocycles. The molecule has 0 saturated heterocycles. The molecule has 0 aliphatic rings. The average Bonchev–Trinajstić information content (AvgIpc) is 2.32. The zero-order chi connectivity index (χ0) is 12.3. The summed E-state index contributed by atoms with van der Waals surface area (Å²) in [7, 11) is 0. The van der Waals surface area contributed by atoms with Crippen molar-refractivity contribution in [2.75, 3.05) is 5.32 Å². The number of carbonyl (C=O) groups excluding carboxylic acids is 1. The van der Waals surface area contributed by atoms with Gasteiger partial charge >= 0.3 is 0 Å². The quantitative estimate of drug-likeness (QED) is 0.918. The van der Waals surface area contributed by atoms with E-state index in [-0.39, 0.29) is 5.91 Å². The van der Waals surface area contributed by atoms with Crippen LogP contribution in [0.3, 0.4) is 0 Å². The van der Waals surface area contributed by atoms with E-state index in [4.69, 9.17) is 11.6 Å². The highest BCUT2D eigenvalue weighted by molar-refractivity contribution is 9.10. The second kappa shape index (κ2) is 5.29. The molecule has 0 aliphatic carbocycles. The van der Waals surface area contributed by atoms with Crippen LogP contribution in [0.25, 0.3) is 0 Å². The van der Waals surface area contributed by atoms with E-state index in [1.54, 1.807) is 18.2 Å². The number of nitrogens with one attached hydrogen (secondary N) is 1. The van der Waals surface area contributed by atoms with Crippen molar-refractivity contribution in [2.24, 2.45) is 0 Å². The van der Waals surface area contributed by atoms with Crippen molar-refractivity contribution >= 4 is 39.1 Å². The zero-order valence-electron chi connectivity index (χ0n) is 8.65. The van der Waals surface area contributed by atoms with Gasteiger partial charge in [-0.05, 0) is 30.3 Å². The van der Waals surface area contributed by atoms with Crippen LogP contribution in [-0.4, -0.2) is 10.9 Å². The smallest absolute Gasteiger partial charge is 0.257 e. The molecule has 2 aromatic rings. The number of hydrogen-bond acceptors (Lipinski definition) is 2. The molecule has 0 aliphatic heterocycles. The molecule has 5 heteroatoms. The summed E-state index contributed by atoms with van der Waals surface area (Å²) >= 11 is 9.21. The van der Waals surface area contributed by atoms with Crippen LogP contribution < -0.4 is 5.32 Å². The number of pyridine rings is 1. The maximum absolute atomic E-state index is 11.9. The van der Waals surface area contributed by atoms with Gasteiger partial charge in [0.2, 0.25) is 0 Å². The minimum Gasteiger partial charge on any atom is -0.322 e. The Labute approximate surface area is 112 Å². The predicted molar refractivity (Wildman–Crippen MR) is 71.3 cm³/mol. The first-order valence-electron chi connectivity index (χ1n) is 4.83. The molecule has 1 N–H and O–H groups in total. The van der Waals surface area contributed by atoms with Gasteiger partial charge in [0.25, 0.3) is 5.91 Å². The highest BCUT2D eigenvalue weighted by Gasteiger charge is 2.09. The Bertz CT molecular complexity index is 542. The molecule has 0 spiro atoms. The van der Waals surface area contributed by atoms with E-state index < -0.39 is 0 Å². The Balaban J connectivity index is 2.17. The van der Waals surface area contributed by atoms with Crippen LogP contribution in [0.4, 0.5) is 5.69 Å². The number of halogens is 2. The molecule has 2 rings (SSSR count). The van der Waals surface area contributed by atoms with Gasteiger partial charge in [-0.25, -0.2) is 0 Å². The minimum absolute atomic E-state index is 0.250. The van der Waals surface area contributed by atoms with Gasteiger partial charge in [0.1, 0.15) is 0 Å². The van der Waals surface area contributed by atoms with Crippen molar-refractivity contribution in [1.29, 1.82) is 0 Å². The van der Waals surface area contributed by atoms with Crippen LogP contribution in [0.15, 0.2) is 47.2 Å². The fraction of sp³-hybridized carbons (Fsp3) is 0. The first-order chi connectivity index (χ1) is 8.16. The lowest BCUT2D eigenvalue weighted by molar-refractivity contribution is 0.102. The molecule has 1 amide bonds. The van der Waals surface area contributed by atoms with Crippen molar-refractivity contribution in [1.82, 2.24) is 4.98 Å². The van der Waals surface area contributed by atoms with Crippen LogP contribution in [-0.2, 0) is 0 Å². The average molecular weight is 312 g/mol. The number of carbonyl (C=O) groups is 1. The van der Waals surface area contributed by atoms with Gasteiger partial charge in [-0.3, -0.25) is 9.78 Å². The lowest BCUT2D eigenvalue weighted by atomic mass is 10.2. The van der Waals surface area contributed by atoms with Gasteiger partial charge in [0.05, 0.1) is 10.6 Å². The Morgan fingerprint density at radius 3 is 2.59 bits per heavy atom. The third kappa shape index (κ3) is 3.05. The summed E-state index contributed by atoms with van der Waals surface area (Å²) < 4.78 is 0.956. The molecule has 17 heavy (non-hydrogen) atoms. The molecular formula is C12H8BrClN2O. The zero-order valence-corrected chi connectivity index (χ0v) is 11.0. The molecule has 0 fully saturated rings. The summed E-state index contributed by atoms with van der Waals surface area (Å²) in [6.07, 6.45) is 2.97. The molecule has 0 saturated carbocycles. The number of nitrogens with zero attached hydrogens (tertiary/aromatic N) is 1. The Kier molecular flexibility index (Phi) is 3.76. The third-order valence-electron chi connectivity index (χ3n) is 2.12. The van der Waals surface area contributed by atoms with Crippen molar-refractivity contribution in [3.05, 3.63) is 57.8 Å². The number of anilines is 1. The Morgan fingerprint density at radius 1 is 1.24 bits per heavy atom. The first kappa shape index (κ1) is 12.1. The van der Waals surface area contributed by atoms with E-state index in [1.165, 1.54) is 12.4 Å². The van der Waals surface area contributed by atoms with E-state index in [2.05, 4.69) is 26.2 Å². The maximum Gasteiger partial charge on any atom is 0.257 e. The standard InChI is InChI=1S/C12H8BrClN2O/c13-8-1-3-9(4-2-8)16-12(17)10-5-6-15-7-11(10)14/h1-7H,(H,16,17). The van der Waals surface area contributed by atoms with Crippen LogP contribution in [0.1, 0.15) is 10.4 Å². The first-order valence-corrected chi connectivity index (χ1v) is 6.00. The van der Waals surface area contributed by atoms with Gasteiger partial charge in [-0.2, -0.15) is 0 Å². The van der Waals surface area contributed by atoms with Gasteiger partial charge in [0, 0.05) is 22.6 Å². The van der Waals surface area contributed by atoms with E-state index >= 15 is 0 Å². The molecule has 0 bridgehead atoms. The van der Waals surface area contributed by atoms with Crippen molar-refractivity contribution < 1.29 is 4.79 Å². The number of hydrogen-bond donors (Lipinski definition) is 1. The second-order valence-electron chi connectivity index (χ2n) is 3.32. The highest BCUT2D eigenvalue weighted by atomic mass is 79.9. The Morgan fingerprint density at radius 2 is 1.94 bits per heavy atom. The van der Waals surface area contributed by atoms with E-state index in [1.807, 2.05) is 12.1 Å². The second-order valence-corrected chi connectivity index (χ2v) is 4.64. The molecule has 86 valence electrons. The minimum atomic E-state index is -0.250. The van der Waals surface area contributed by atoms with Gasteiger partial charge in [0.15, 0.2) is 0 Å². The fourth-order valence-corrected chi connectivity index (χ4v) is 1.76. The van der Waals surface area contributed by atoms with Crippen LogP contribution in [0, 0.1) is 0 Å². The molecular weight excluding hydrogens is 304 g/mol. The van der Waals surface area contributed by atoms with Crippen LogP contribution >= 0.6 is 27.5 Å². The van der Waals surface area contributed by atoms with Crippen molar-refractivity contribution in [2.45, 2.75) is 0 Å². The van der Waals surface area contributed by atoms with Crippen molar-refractivity contribution in [3.63, 3.8) is 0 Å². The number of rotatable bonds is 2. The van der Waals surface area contributed by atoms with E-state index in [9.17, 15) is 4.79 Å². The van der Waals surface area contributed by atoms with Gasteiger partial charge in [-0.15, -0.1) is 0 Å². The molecule has 0 atom stereocenters. The molecule has 1 aromatic carbocycles. The Hall–Kier alpha value is -1.39. The van der Waals surface area contributed by atoms with Crippen LogP contribution in [0.5, 0.6) is 0 Å². The summed E-state index contributed by atoms with van der Waals surface area (Å²) in [4.78, 5) is 15.7. The molecule has 3 nitrogen and oxygen atoms in total. The normalized spacial score (nSPS) is 10.0. The lowest BCUT2D eigenvalue weighted by Crippen LogP contribution is -2.12. The topological polar surface area (TPSA) is 42.0 Å². The number of benzene rings is 1. The lowest BCUT2D eigenvalue weighted by Gasteiger charge is -2.06. The SMILES string of the molecule is O=C(Nc1ccc(Br)cc1)c1ccncc1Cl. The molecule has 0 unspecified atom stereocenters. The predicted octanol–water partition coefficient (Wildman–Crippen LogP) is 3.75. The van der Waals surface area contributed by atoms with Gasteiger partial charge in [-0.1, -0.05) is 27.5 Å².